The molecular formula is C27H36N7O4P. The number of hydrogen-bond donors (Lipinski definition) is 1. The molecule has 1 aliphatic heterocycles. The maximum Gasteiger partial charge on any atom is 0.259 e. The molecule has 1 amide bonds. The summed E-state index contributed by atoms with van der Waals surface area (Å²) in [4.78, 5) is 25.9. The molecule has 12 heteroatoms. The number of aromatic nitrogens is 4. The second-order valence-corrected chi connectivity index (χ2v) is 11.2. The number of fused-ring (bicyclic) bond motifs is 1. The van der Waals surface area contributed by atoms with Gasteiger partial charge in [0.05, 0.1) is 37.6 Å². The van der Waals surface area contributed by atoms with Crippen molar-refractivity contribution < 1.29 is 18.6 Å². The number of hydrogen-bond acceptors (Lipinski definition) is 9. The fraction of sp³-hybridized carbons (Fsp3) is 0.519. The molecule has 1 saturated heterocycles. The molecule has 1 N–H and O–H groups in total. The normalized spacial score (nSPS) is 20.1. The number of imidazole rings is 1. The molecule has 2 aromatic heterocycles. The molecule has 1 fully saturated rings. The Morgan fingerprint density at radius 2 is 1.97 bits per heavy atom. The van der Waals surface area contributed by atoms with E-state index in [1.54, 1.807) is 30.6 Å². The van der Waals surface area contributed by atoms with Gasteiger partial charge < -0.3 is 19.1 Å². The Kier molecular flexibility index (Phi) is 9.94. The van der Waals surface area contributed by atoms with Crippen LogP contribution < -0.4 is 5.32 Å². The number of ether oxygens (including phenoxy) is 1. The average molecular weight is 554 g/mol. The first-order chi connectivity index (χ1) is 18.8. The lowest BCUT2D eigenvalue weighted by Crippen LogP contribution is -2.35. The molecule has 1 aromatic carbocycles. The molecule has 0 bridgehead atoms. The first-order valence-corrected chi connectivity index (χ1v) is 14.4. The molecule has 3 aromatic rings. The Morgan fingerprint density at radius 3 is 2.64 bits per heavy atom. The third kappa shape index (κ3) is 6.78. The number of nitrogens with zero attached hydrogens (tertiary/aromatic N) is 6. The van der Waals surface area contributed by atoms with Crippen LogP contribution >= 0.6 is 8.53 Å². The van der Waals surface area contributed by atoms with E-state index in [0.29, 0.717) is 42.0 Å². The first kappa shape index (κ1) is 29.0. The maximum absolute atomic E-state index is 12.7. The van der Waals surface area contributed by atoms with E-state index < -0.39 is 8.53 Å². The summed E-state index contributed by atoms with van der Waals surface area (Å²) < 4.78 is 23.2. The fourth-order valence-corrected chi connectivity index (χ4v) is 6.44. The Morgan fingerprint density at radius 1 is 1.23 bits per heavy atom. The molecule has 4 atom stereocenters. The fourth-order valence-electron chi connectivity index (χ4n) is 4.68. The predicted molar refractivity (Wildman–Crippen MR) is 149 cm³/mol. The van der Waals surface area contributed by atoms with E-state index in [1.165, 1.54) is 6.33 Å². The Bertz CT molecular complexity index is 1270. The minimum Gasteiger partial charge on any atom is -0.352 e. The zero-order chi connectivity index (χ0) is 27.9. The van der Waals surface area contributed by atoms with Gasteiger partial charge >= 0.3 is 0 Å². The summed E-state index contributed by atoms with van der Waals surface area (Å²) in [5, 5.41) is 11.9. The van der Waals surface area contributed by atoms with E-state index in [0.717, 1.165) is 6.42 Å². The second-order valence-electron chi connectivity index (χ2n) is 9.83. The molecule has 0 radical (unpaired) electrons. The monoisotopic (exact) mass is 553 g/mol. The molecule has 4 rings (SSSR count). The molecule has 3 heterocycles. The van der Waals surface area contributed by atoms with Crippen LogP contribution in [0.5, 0.6) is 0 Å². The SMILES string of the molecule is CC[C@@H]1O[C@@H](n2cnc3c(NC(=O)c4ccccc4)ncnc32)C[C@H]1OP(OCCC#N)N(C(C)C)C(C)C. The minimum absolute atomic E-state index is 0.155. The van der Waals surface area contributed by atoms with Crippen molar-refractivity contribution in [2.75, 3.05) is 11.9 Å². The Labute approximate surface area is 230 Å². The number of anilines is 1. The maximum atomic E-state index is 12.7. The summed E-state index contributed by atoms with van der Waals surface area (Å²) in [5.74, 6) is 0.0655. The van der Waals surface area contributed by atoms with Gasteiger partial charge in [0.15, 0.2) is 17.0 Å². The van der Waals surface area contributed by atoms with Gasteiger partial charge in [0.1, 0.15) is 12.6 Å². The van der Waals surface area contributed by atoms with Crippen LogP contribution in [0.4, 0.5) is 5.82 Å². The van der Waals surface area contributed by atoms with Crippen LogP contribution in [0.3, 0.4) is 0 Å². The summed E-state index contributed by atoms with van der Waals surface area (Å²) in [6, 6.07) is 11.5. The smallest absolute Gasteiger partial charge is 0.259 e. The molecule has 0 aliphatic carbocycles. The Hall–Kier alpha value is -3.00. The largest absolute Gasteiger partial charge is 0.352 e. The van der Waals surface area contributed by atoms with Crippen molar-refractivity contribution in [2.45, 2.75) is 84.4 Å². The molecular weight excluding hydrogens is 517 g/mol. The van der Waals surface area contributed by atoms with Gasteiger partial charge in [-0.3, -0.25) is 9.36 Å². The van der Waals surface area contributed by atoms with Crippen molar-refractivity contribution in [3.05, 3.63) is 48.5 Å². The van der Waals surface area contributed by atoms with Crippen LogP contribution in [0.1, 0.15) is 70.5 Å². The summed E-state index contributed by atoms with van der Waals surface area (Å²) in [7, 11) is -1.40. The van der Waals surface area contributed by atoms with Gasteiger partial charge in [-0.15, -0.1) is 0 Å². The zero-order valence-electron chi connectivity index (χ0n) is 23.0. The van der Waals surface area contributed by atoms with Gasteiger partial charge in [-0.2, -0.15) is 5.26 Å². The van der Waals surface area contributed by atoms with Crippen LogP contribution in [-0.2, 0) is 13.8 Å². The zero-order valence-corrected chi connectivity index (χ0v) is 23.9. The summed E-state index contributed by atoms with van der Waals surface area (Å²) in [6.07, 6.45) is 3.97. The van der Waals surface area contributed by atoms with Gasteiger partial charge in [-0.25, -0.2) is 19.6 Å². The lowest BCUT2D eigenvalue weighted by atomic mass is 10.1. The third-order valence-electron chi connectivity index (χ3n) is 6.41. The van der Waals surface area contributed by atoms with E-state index in [-0.39, 0.29) is 36.4 Å². The van der Waals surface area contributed by atoms with E-state index in [9.17, 15) is 4.79 Å². The van der Waals surface area contributed by atoms with Crippen molar-refractivity contribution in [1.82, 2.24) is 24.2 Å². The van der Waals surface area contributed by atoms with E-state index in [2.05, 4.69) is 65.6 Å². The number of rotatable bonds is 12. The molecule has 0 saturated carbocycles. The lowest BCUT2D eigenvalue weighted by Gasteiger charge is -2.37. The van der Waals surface area contributed by atoms with Crippen LogP contribution in [0, 0.1) is 11.3 Å². The summed E-state index contributed by atoms with van der Waals surface area (Å²) >= 11 is 0. The quantitative estimate of drug-likeness (QED) is 0.230. The van der Waals surface area contributed by atoms with E-state index in [1.807, 2.05) is 10.6 Å². The Balaban J connectivity index is 1.54. The standard InChI is InChI=1S/C27H36N7O4P/c1-6-21-22(38-39(36-14-10-13-28)34(18(2)3)19(4)5)15-23(37-21)33-17-31-24-25(29-16-30-26(24)33)32-27(35)20-11-8-7-9-12-20/h7-9,11-12,16-19,21-23H,6,10,14-15H2,1-5H3,(H,29,30,32,35)/t21-,22+,23+,39?/m0/s1. The van der Waals surface area contributed by atoms with Crippen molar-refractivity contribution in [1.29, 1.82) is 5.26 Å². The molecule has 0 spiro atoms. The van der Waals surface area contributed by atoms with Crippen LogP contribution in [0.25, 0.3) is 11.2 Å². The molecule has 1 unspecified atom stereocenters. The lowest BCUT2D eigenvalue weighted by molar-refractivity contribution is -0.0166. The highest BCUT2D eigenvalue weighted by Gasteiger charge is 2.40. The number of nitriles is 1. The number of benzene rings is 1. The van der Waals surface area contributed by atoms with E-state index >= 15 is 0 Å². The van der Waals surface area contributed by atoms with Gasteiger partial charge in [-0.05, 0) is 46.2 Å². The van der Waals surface area contributed by atoms with Gasteiger partial charge in [-0.1, -0.05) is 25.1 Å². The van der Waals surface area contributed by atoms with Gasteiger partial charge in [0.25, 0.3) is 14.4 Å². The van der Waals surface area contributed by atoms with Crippen molar-refractivity contribution in [3.63, 3.8) is 0 Å². The van der Waals surface area contributed by atoms with E-state index in [4.69, 9.17) is 19.0 Å². The highest BCUT2D eigenvalue weighted by Crippen LogP contribution is 2.50. The minimum atomic E-state index is -1.40. The van der Waals surface area contributed by atoms with Crippen LogP contribution in [0.2, 0.25) is 0 Å². The average Bonchev–Trinajstić information content (AvgIpc) is 3.53. The number of carbonyl (C=O) groups excluding carboxylic acids is 1. The molecule has 208 valence electrons. The number of nitrogens with one attached hydrogen (secondary N) is 1. The van der Waals surface area contributed by atoms with Crippen LogP contribution in [-0.4, -0.2) is 61.0 Å². The molecule has 1 aliphatic rings. The molecule has 39 heavy (non-hydrogen) atoms. The van der Waals surface area contributed by atoms with Crippen LogP contribution in [0.15, 0.2) is 43.0 Å². The predicted octanol–water partition coefficient (Wildman–Crippen LogP) is 5.44. The first-order valence-electron chi connectivity index (χ1n) is 13.3. The van der Waals surface area contributed by atoms with Crippen molar-refractivity contribution >= 4 is 31.4 Å². The topological polar surface area (TPSA) is 127 Å². The summed E-state index contributed by atoms with van der Waals surface area (Å²) in [5.41, 5.74) is 1.57. The van der Waals surface area contributed by atoms with Crippen molar-refractivity contribution in [2.24, 2.45) is 0 Å². The molecule has 11 nitrogen and oxygen atoms in total. The number of amides is 1. The third-order valence-corrected chi connectivity index (χ3v) is 8.56. The van der Waals surface area contributed by atoms with Gasteiger partial charge in [0.2, 0.25) is 0 Å². The number of carbonyl (C=O) groups is 1. The second kappa shape index (κ2) is 13.4. The highest BCUT2D eigenvalue weighted by molar-refractivity contribution is 7.44. The highest BCUT2D eigenvalue weighted by atomic mass is 31.2. The van der Waals surface area contributed by atoms with Gasteiger partial charge in [0, 0.05) is 24.1 Å². The summed E-state index contributed by atoms with van der Waals surface area (Å²) in [6.45, 7) is 10.8. The van der Waals surface area contributed by atoms with Crippen molar-refractivity contribution in [3.8, 4) is 6.07 Å².